The van der Waals surface area contributed by atoms with Crippen molar-refractivity contribution in [2.45, 2.75) is 52.7 Å². The zero-order valence-corrected chi connectivity index (χ0v) is 8.71. The van der Waals surface area contributed by atoms with Crippen LogP contribution in [0.1, 0.15) is 40.5 Å². The zero-order valence-electron chi connectivity index (χ0n) is 8.71. The molecule has 0 aliphatic rings. The van der Waals surface area contributed by atoms with Gasteiger partial charge in [-0.3, -0.25) is 0 Å². The molecule has 0 aliphatic carbocycles. The van der Waals surface area contributed by atoms with Crippen LogP contribution in [0.5, 0.6) is 0 Å². The SMILES string of the molecule is CCC(C)CC(O)COC(C)C. The van der Waals surface area contributed by atoms with Crippen LogP contribution in [0.2, 0.25) is 0 Å². The summed E-state index contributed by atoms with van der Waals surface area (Å²) in [5, 5.41) is 9.47. The fourth-order valence-corrected chi connectivity index (χ4v) is 1.00. The molecule has 0 spiro atoms. The number of hydrogen-bond donors (Lipinski definition) is 1. The third-order valence-electron chi connectivity index (χ3n) is 1.99. The Hall–Kier alpha value is -0.0800. The average molecular weight is 174 g/mol. The van der Waals surface area contributed by atoms with Crippen LogP contribution < -0.4 is 0 Å². The van der Waals surface area contributed by atoms with Gasteiger partial charge in [0.05, 0.1) is 18.8 Å². The molecule has 0 amide bonds. The van der Waals surface area contributed by atoms with Crippen molar-refractivity contribution in [3.63, 3.8) is 0 Å². The molecule has 0 aromatic carbocycles. The number of hydrogen-bond acceptors (Lipinski definition) is 2. The lowest BCUT2D eigenvalue weighted by Gasteiger charge is -2.16. The summed E-state index contributed by atoms with van der Waals surface area (Å²) < 4.78 is 5.30. The minimum atomic E-state index is -0.289. The summed E-state index contributed by atoms with van der Waals surface area (Å²) in [5.74, 6) is 0.593. The van der Waals surface area contributed by atoms with Gasteiger partial charge < -0.3 is 9.84 Å². The van der Waals surface area contributed by atoms with Crippen molar-refractivity contribution >= 4 is 0 Å². The summed E-state index contributed by atoms with van der Waals surface area (Å²) in [6.07, 6.45) is 1.90. The van der Waals surface area contributed by atoms with Gasteiger partial charge in [0.2, 0.25) is 0 Å². The van der Waals surface area contributed by atoms with Crippen LogP contribution in [0.25, 0.3) is 0 Å². The van der Waals surface area contributed by atoms with Gasteiger partial charge in [0.15, 0.2) is 0 Å². The standard InChI is InChI=1S/C10H22O2/c1-5-9(4)6-10(11)7-12-8(2)3/h8-11H,5-7H2,1-4H3. The van der Waals surface area contributed by atoms with Crippen molar-refractivity contribution in [1.29, 1.82) is 0 Å². The van der Waals surface area contributed by atoms with Crippen molar-refractivity contribution in [2.75, 3.05) is 6.61 Å². The smallest absolute Gasteiger partial charge is 0.0776 e. The van der Waals surface area contributed by atoms with Crippen molar-refractivity contribution in [1.82, 2.24) is 0 Å². The second-order valence-electron chi connectivity index (χ2n) is 3.79. The molecule has 0 aromatic rings. The molecule has 0 fully saturated rings. The molecule has 1 N–H and O–H groups in total. The van der Waals surface area contributed by atoms with E-state index in [9.17, 15) is 5.11 Å². The van der Waals surface area contributed by atoms with E-state index in [2.05, 4.69) is 13.8 Å². The van der Waals surface area contributed by atoms with Crippen LogP contribution >= 0.6 is 0 Å². The number of aliphatic hydroxyl groups is 1. The summed E-state index contributed by atoms with van der Waals surface area (Å²) in [4.78, 5) is 0. The van der Waals surface area contributed by atoms with E-state index in [1.165, 1.54) is 0 Å². The molecule has 0 heterocycles. The van der Waals surface area contributed by atoms with Crippen LogP contribution in [0.3, 0.4) is 0 Å². The third-order valence-corrected chi connectivity index (χ3v) is 1.99. The summed E-state index contributed by atoms with van der Waals surface area (Å²) in [6.45, 7) is 8.73. The van der Waals surface area contributed by atoms with E-state index in [1.54, 1.807) is 0 Å². The molecular formula is C10H22O2. The maximum Gasteiger partial charge on any atom is 0.0776 e. The van der Waals surface area contributed by atoms with E-state index >= 15 is 0 Å². The number of aliphatic hydroxyl groups excluding tert-OH is 1. The molecule has 2 heteroatoms. The highest BCUT2D eigenvalue weighted by atomic mass is 16.5. The number of ether oxygens (including phenoxy) is 1. The Bertz CT molecular complexity index is 102. The highest BCUT2D eigenvalue weighted by Crippen LogP contribution is 2.10. The predicted molar refractivity (Wildman–Crippen MR) is 51.2 cm³/mol. The summed E-state index contributed by atoms with van der Waals surface area (Å²) >= 11 is 0. The maximum atomic E-state index is 9.47. The molecule has 0 radical (unpaired) electrons. The summed E-state index contributed by atoms with van der Waals surface area (Å²) in [5.41, 5.74) is 0. The highest BCUT2D eigenvalue weighted by molar-refractivity contribution is 4.59. The third kappa shape index (κ3) is 6.62. The van der Waals surface area contributed by atoms with Gasteiger partial charge in [-0.05, 0) is 26.2 Å². The molecule has 0 saturated carbocycles. The molecular weight excluding hydrogens is 152 g/mol. The Labute approximate surface area is 75.9 Å². The van der Waals surface area contributed by atoms with Crippen molar-refractivity contribution < 1.29 is 9.84 Å². The maximum absolute atomic E-state index is 9.47. The molecule has 0 aromatic heterocycles. The Balaban J connectivity index is 3.39. The van der Waals surface area contributed by atoms with Crippen LogP contribution in [-0.4, -0.2) is 23.9 Å². The Kier molecular flexibility index (Phi) is 6.39. The van der Waals surface area contributed by atoms with Gasteiger partial charge in [-0.25, -0.2) is 0 Å². The summed E-state index contributed by atoms with van der Waals surface area (Å²) in [7, 11) is 0. The fraction of sp³-hybridized carbons (Fsp3) is 1.00. The Morgan fingerprint density at radius 2 is 1.83 bits per heavy atom. The predicted octanol–water partition coefficient (Wildman–Crippen LogP) is 2.21. The molecule has 2 unspecified atom stereocenters. The van der Waals surface area contributed by atoms with Crippen molar-refractivity contribution in [2.24, 2.45) is 5.92 Å². The molecule has 0 bridgehead atoms. The van der Waals surface area contributed by atoms with E-state index < -0.39 is 0 Å². The van der Waals surface area contributed by atoms with E-state index in [1.807, 2.05) is 13.8 Å². The lowest BCUT2D eigenvalue weighted by Crippen LogP contribution is -2.20. The van der Waals surface area contributed by atoms with Crippen LogP contribution in [0.15, 0.2) is 0 Å². The molecule has 74 valence electrons. The first-order valence-corrected chi connectivity index (χ1v) is 4.85. The van der Waals surface area contributed by atoms with E-state index in [0.29, 0.717) is 12.5 Å². The molecule has 12 heavy (non-hydrogen) atoms. The Morgan fingerprint density at radius 1 is 1.25 bits per heavy atom. The van der Waals surface area contributed by atoms with E-state index in [0.717, 1.165) is 12.8 Å². The first-order chi connectivity index (χ1) is 5.56. The highest BCUT2D eigenvalue weighted by Gasteiger charge is 2.09. The molecule has 2 nitrogen and oxygen atoms in total. The summed E-state index contributed by atoms with van der Waals surface area (Å²) in [6, 6.07) is 0. The van der Waals surface area contributed by atoms with E-state index in [4.69, 9.17) is 4.74 Å². The largest absolute Gasteiger partial charge is 0.391 e. The minimum absolute atomic E-state index is 0.219. The lowest BCUT2D eigenvalue weighted by molar-refractivity contribution is -0.00293. The van der Waals surface area contributed by atoms with E-state index in [-0.39, 0.29) is 12.2 Å². The van der Waals surface area contributed by atoms with Crippen molar-refractivity contribution in [3.8, 4) is 0 Å². The quantitative estimate of drug-likeness (QED) is 0.669. The normalized spacial score (nSPS) is 16.5. The molecule has 0 aliphatic heterocycles. The van der Waals surface area contributed by atoms with Crippen LogP contribution in [-0.2, 0) is 4.74 Å². The fourth-order valence-electron chi connectivity index (χ4n) is 1.00. The first-order valence-electron chi connectivity index (χ1n) is 4.85. The zero-order chi connectivity index (χ0) is 9.56. The lowest BCUT2D eigenvalue weighted by atomic mass is 10.0. The molecule has 0 saturated heterocycles. The van der Waals surface area contributed by atoms with Gasteiger partial charge in [0.25, 0.3) is 0 Å². The van der Waals surface area contributed by atoms with Crippen LogP contribution in [0, 0.1) is 5.92 Å². The number of rotatable bonds is 6. The average Bonchev–Trinajstić information content (AvgIpc) is 2.00. The van der Waals surface area contributed by atoms with Crippen LogP contribution in [0.4, 0.5) is 0 Å². The second-order valence-corrected chi connectivity index (χ2v) is 3.79. The van der Waals surface area contributed by atoms with Gasteiger partial charge in [-0.1, -0.05) is 20.3 Å². The Morgan fingerprint density at radius 3 is 2.25 bits per heavy atom. The van der Waals surface area contributed by atoms with Gasteiger partial charge >= 0.3 is 0 Å². The second kappa shape index (κ2) is 6.44. The topological polar surface area (TPSA) is 29.5 Å². The molecule has 0 rings (SSSR count). The first kappa shape index (κ1) is 11.9. The molecule has 2 atom stereocenters. The van der Waals surface area contributed by atoms with Gasteiger partial charge in [-0.2, -0.15) is 0 Å². The monoisotopic (exact) mass is 174 g/mol. The minimum Gasteiger partial charge on any atom is -0.391 e. The van der Waals surface area contributed by atoms with Gasteiger partial charge in [-0.15, -0.1) is 0 Å². The van der Waals surface area contributed by atoms with Gasteiger partial charge in [0.1, 0.15) is 0 Å². The van der Waals surface area contributed by atoms with Gasteiger partial charge in [0, 0.05) is 0 Å². The van der Waals surface area contributed by atoms with Crippen molar-refractivity contribution in [3.05, 3.63) is 0 Å².